The summed E-state index contributed by atoms with van der Waals surface area (Å²) in [4.78, 5) is 15.0. The van der Waals surface area contributed by atoms with Crippen LogP contribution in [0.15, 0.2) is 29.1 Å². The highest BCUT2D eigenvalue weighted by Gasteiger charge is 2.14. The zero-order valence-electron chi connectivity index (χ0n) is 11.7. The predicted molar refractivity (Wildman–Crippen MR) is 80.2 cm³/mol. The molecule has 0 bridgehead atoms. The molecule has 4 nitrogen and oxygen atoms in total. The van der Waals surface area contributed by atoms with Crippen molar-refractivity contribution in [1.82, 2.24) is 10.3 Å². The quantitative estimate of drug-likeness (QED) is 0.899. The normalized spacial score (nSPS) is 15.8. The molecule has 0 aliphatic heterocycles. The second-order valence-electron chi connectivity index (χ2n) is 5.44. The fraction of sp³-hybridized carbons (Fsp3) is 0.438. The van der Waals surface area contributed by atoms with Crippen molar-refractivity contribution in [1.29, 1.82) is 0 Å². The molecule has 0 saturated heterocycles. The maximum absolute atomic E-state index is 12.1. The van der Waals surface area contributed by atoms with Crippen molar-refractivity contribution in [2.45, 2.75) is 38.3 Å². The minimum Gasteiger partial charge on any atom is -0.497 e. The smallest absolute Gasteiger partial charge is 0.252 e. The number of benzene rings is 1. The van der Waals surface area contributed by atoms with Crippen LogP contribution in [0.4, 0.5) is 0 Å². The number of aromatic amines is 1. The lowest BCUT2D eigenvalue weighted by molar-refractivity contribution is 0.415. The highest BCUT2D eigenvalue weighted by atomic mass is 16.5. The second-order valence-corrected chi connectivity index (χ2v) is 5.44. The van der Waals surface area contributed by atoms with Gasteiger partial charge >= 0.3 is 0 Å². The van der Waals surface area contributed by atoms with E-state index in [4.69, 9.17) is 4.74 Å². The number of fused-ring (bicyclic) bond motifs is 1. The van der Waals surface area contributed by atoms with E-state index >= 15 is 0 Å². The first-order valence-electron chi connectivity index (χ1n) is 7.19. The third-order valence-electron chi connectivity index (χ3n) is 4.07. The lowest BCUT2D eigenvalue weighted by Crippen LogP contribution is -2.28. The van der Waals surface area contributed by atoms with Gasteiger partial charge in [0, 0.05) is 24.2 Å². The van der Waals surface area contributed by atoms with E-state index in [9.17, 15) is 4.79 Å². The van der Waals surface area contributed by atoms with Crippen molar-refractivity contribution in [3.8, 4) is 5.75 Å². The summed E-state index contributed by atoms with van der Waals surface area (Å²) in [6.45, 7) is 0.641. The molecule has 1 aromatic heterocycles. The Labute approximate surface area is 118 Å². The molecule has 0 unspecified atom stereocenters. The van der Waals surface area contributed by atoms with Gasteiger partial charge in [0.25, 0.3) is 5.56 Å². The van der Waals surface area contributed by atoms with Gasteiger partial charge in [-0.25, -0.2) is 0 Å². The average Bonchev–Trinajstić information content (AvgIpc) is 2.97. The van der Waals surface area contributed by atoms with Gasteiger partial charge in [-0.1, -0.05) is 12.8 Å². The van der Waals surface area contributed by atoms with Gasteiger partial charge in [0.1, 0.15) is 5.75 Å². The highest BCUT2D eigenvalue weighted by molar-refractivity contribution is 5.80. The van der Waals surface area contributed by atoms with E-state index in [1.807, 2.05) is 24.3 Å². The van der Waals surface area contributed by atoms with Gasteiger partial charge < -0.3 is 15.0 Å². The van der Waals surface area contributed by atoms with Crippen molar-refractivity contribution in [3.05, 3.63) is 40.2 Å². The van der Waals surface area contributed by atoms with Crippen LogP contribution in [-0.2, 0) is 6.54 Å². The lowest BCUT2D eigenvalue weighted by Gasteiger charge is -2.11. The average molecular weight is 272 g/mol. The maximum Gasteiger partial charge on any atom is 0.252 e. The van der Waals surface area contributed by atoms with Crippen LogP contribution in [0.1, 0.15) is 31.2 Å². The summed E-state index contributed by atoms with van der Waals surface area (Å²) in [5.74, 6) is 0.755. The second kappa shape index (κ2) is 5.67. The van der Waals surface area contributed by atoms with Crippen LogP contribution < -0.4 is 15.6 Å². The molecular formula is C16H20N2O2. The standard InChI is InChI=1S/C16H20N2O2/c1-20-14-7-6-11-8-12(16(19)18-15(11)9-14)10-17-13-4-2-3-5-13/h6-9,13,17H,2-5,10H2,1H3,(H,18,19). The Morgan fingerprint density at radius 2 is 2.10 bits per heavy atom. The molecule has 20 heavy (non-hydrogen) atoms. The van der Waals surface area contributed by atoms with Crippen LogP contribution in [0.5, 0.6) is 5.75 Å². The third-order valence-corrected chi connectivity index (χ3v) is 4.07. The van der Waals surface area contributed by atoms with E-state index in [0.717, 1.165) is 22.2 Å². The first-order chi connectivity index (χ1) is 9.76. The van der Waals surface area contributed by atoms with Crippen LogP contribution >= 0.6 is 0 Å². The molecule has 2 N–H and O–H groups in total. The lowest BCUT2D eigenvalue weighted by atomic mass is 10.1. The molecule has 1 aromatic carbocycles. The third kappa shape index (κ3) is 2.70. The summed E-state index contributed by atoms with van der Waals surface area (Å²) < 4.78 is 5.17. The van der Waals surface area contributed by atoms with Crippen molar-refractivity contribution >= 4 is 10.9 Å². The minimum atomic E-state index is -0.0174. The number of rotatable bonds is 4. The zero-order chi connectivity index (χ0) is 13.9. The largest absolute Gasteiger partial charge is 0.497 e. The molecule has 0 spiro atoms. The van der Waals surface area contributed by atoms with Gasteiger partial charge in [-0.05, 0) is 36.4 Å². The summed E-state index contributed by atoms with van der Waals surface area (Å²) in [7, 11) is 1.62. The molecule has 2 aromatic rings. The molecule has 1 aliphatic rings. The number of H-pyrrole nitrogens is 1. The van der Waals surface area contributed by atoms with Gasteiger partial charge in [0.05, 0.1) is 12.6 Å². The molecule has 0 atom stereocenters. The first kappa shape index (κ1) is 13.2. The number of methoxy groups -OCH3 is 1. The van der Waals surface area contributed by atoms with Crippen LogP contribution in [0.3, 0.4) is 0 Å². The van der Waals surface area contributed by atoms with Gasteiger partial charge in [0.2, 0.25) is 0 Å². The summed E-state index contributed by atoms with van der Waals surface area (Å²) in [6.07, 6.45) is 5.04. The van der Waals surface area contributed by atoms with Gasteiger partial charge in [0.15, 0.2) is 0 Å². The zero-order valence-corrected chi connectivity index (χ0v) is 11.7. The van der Waals surface area contributed by atoms with Crippen LogP contribution in [-0.4, -0.2) is 18.1 Å². The summed E-state index contributed by atoms with van der Waals surface area (Å²) in [5.41, 5.74) is 1.60. The number of hydrogen-bond donors (Lipinski definition) is 2. The Balaban J connectivity index is 1.83. The van der Waals surface area contributed by atoms with E-state index in [2.05, 4.69) is 10.3 Å². The van der Waals surface area contributed by atoms with E-state index in [1.165, 1.54) is 25.7 Å². The van der Waals surface area contributed by atoms with Crippen molar-refractivity contribution in [3.63, 3.8) is 0 Å². The molecule has 1 saturated carbocycles. The number of pyridine rings is 1. The van der Waals surface area contributed by atoms with Gasteiger partial charge in [-0.15, -0.1) is 0 Å². The summed E-state index contributed by atoms with van der Waals surface area (Å²) in [6, 6.07) is 8.28. The van der Waals surface area contributed by atoms with Crippen LogP contribution in [0.2, 0.25) is 0 Å². The minimum absolute atomic E-state index is 0.0174. The Bertz CT molecular complexity index is 657. The van der Waals surface area contributed by atoms with Crippen molar-refractivity contribution in [2.75, 3.05) is 7.11 Å². The topological polar surface area (TPSA) is 54.1 Å². The Hall–Kier alpha value is -1.81. The van der Waals surface area contributed by atoms with Crippen molar-refractivity contribution in [2.24, 2.45) is 0 Å². The summed E-state index contributed by atoms with van der Waals surface area (Å²) >= 11 is 0. The SMILES string of the molecule is COc1ccc2cc(CNC3CCCC3)c(=O)[nH]c2c1. The fourth-order valence-corrected chi connectivity index (χ4v) is 2.87. The number of ether oxygens (including phenoxy) is 1. The summed E-state index contributed by atoms with van der Waals surface area (Å²) in [5, 5.41) is 4.52. The number of nitrogens with one attached hydrogen (secondary N) is 2. The molecule has 1 fully saturated rings. The molecule has 4 heteroatoms. The predicted octanol–water partition coefficient (Wildman–Crippen LogP) is 2.57. The fourth-order valence-electron chi connectivity index (χ4n) is 2.87. The molecule has 1 aliphatic carbocycles. The Kier molecular flexibility index (Phi) is 3.74. The molecule has 3 rings (SSSR count). The molecule has 0 amide bonds. The molecule has 0 radical (unpaired) electrons. The van der Waals surface area contributed by atoms with Crippen LogP contribution in [0, 0.1) is 0 Å². The molecule has 106 valence electrons. The number of hydrogen-bond acceptors (Lipinski definition) is 3. The van der Waals surface area contributed by atoms with Crippen molar-refractivity contribution < 1.29 is 4.74 Å². The van der Waals surface area contributed by atoms with E-state index in [0.29, 0.717) is 12.6 Å². The maximum atomic E-state index is 12.1. The van der Waals surface area contributed by atoms with Crippen LogP contribution in [0.25, 0.3) is 10.9 Å². The van der Waals surface area contributed by atoms with Gasteiger partial charge in [-0.3, -0.25) is 4.79 Å². The first-order valence-corrected chi connectivity index (χ1v) is 7.19. The van der Waals surface area contributed by atoms with E-state index < -0.39 is 0 Å². The molecular weight excluding hydrogens is 252 g/mol. The van der Waals surface area contributed by atoms with Gasteiger partial charge in [-0.2, -0.15) is 0 Å². The van der Waals surface area contributed by atoms with E-state index in [1.54, 1.807) is 7.11 Å². The highest BCUT2D eigenvalue weighted by Crippen LogP contribution is 2.20. The monoisotopic (exact) mass is 272 g/mol. The van der Waals surface area contributed by atoms with E-state index in [-0.39, 0.29) is 5.56 Å². The molecule has 1 heterocycles. The Morgan fingerprint density at radius 3 is 2.85 bits per heavy atom. The Morgan fingerprint density at radius 1 is 1.30 bits per heavy atom. The number of aromatic nitrogens is 1.